The number of nitrogens with zero attached hydrogens (tertiary/aromatic N) is 1. The number of benzene rings is 2. The SMILES string of the molecule is O=C(O)c1cc(Oc2ccccc2Br)c(F)cc1[N+](=O)[O-]. The minimum atomic E-state index is -1.54. The van der Waals surface area contributed by atoms with Gasteiger partial charge in [-0.3, -0.25) is 10.1 Å². The van der Waals surface area contributed by atoms with Crippen molar-refractivity contribution in [2.75, 3.05) is 0 Å². The average Bonchev–Trinajstić information content (AvgIpc) is 2.42. The molecule has 0 atom stereocenters. The molecule has 0 saturated heterocycles. The van der Waals surface area contributed by atoms with Gasteiger partial charge in [0.25, 0.3) is 5.69 Å². The molecule has 2 aromatic rings. The fourth-order valence-corrected chi connectivity index (χ4v) is 1.96. The minimum Gasteiger partial charge on any atom is -0.477 e. The molecule has 0 unspecified atom stereocenters. The van der Waals surface area contributed by atoms with E-state index in [2.05, 4.69) is 15.9 Å². The van der Waals surface area contributed by atoms with Crippen LogP contribution in [-0.4, -0.2) is 16.0 Å². The van der Waals surface area contributed by atoms with Crippen LogP contribution in [0.4, 0.5) is 10.1 Å². The topological polar surface area (TPSA) is 89.7 Å². The Morgan fingerprint density at radius 3 is 2.52 bits per heavy atom. The molecule has 2 rings (SSSR count). The molecule has 0 aliphatic rings. The summed E-state index contributed by atoms with van der Waals surface area (Å²) in [6.45, 7) is 0. The number of nitro groups is 1. The van der Waals surface area contributed by atoms with Gasteiger partial charge in [0.1, 0.15) is 11.3 Å². The number of nitro benzene ring substituents is 1. The fourth-order valence-electron chi connectivity index (χ4n) is 1.59. The van der Waals surface area contributed by atoms with Crippen LogP contribution >= 0.6 is 15.9 Å². The van der Waals surface area contributed by atoms with E-state index in [4.69, 9.17) is 9.84 Å². The van der Waals surface area contributed by atoms with Gasteiger partial charge in [0.15, 0.2) is 11.6 Å². The third-order valence-electron chi connectivity index (χ3n) is 2.53. The second kappa shape index (κ2) is 5.88. The van der Waals surface area contributed by atoms with E-state index in [0.29, 0.717) is 10.5 Å². The van der Waals surface area contributed by atoms with Gasteiger partial charge >= 0.3 is 5.97 Å². The molecule has 1 N–H and O–H groups in total. The summed E-state index contributed by atoms with van der Waals surface area (Å²) in [4.78, 5) is 20.8. The largest absolute Gasteiger partial charge is 0.477 e. The summed E-state index contributed by atoms with van der Waals surface area (Å²) in [5.74, 6) is -2.73. The van der Waals surface area contributed by atoms with Gasteiger partial charge in [0.05, 0.1) is 15.5 Å². The number of hydrogen-bond donors (Lipinski definition) is 1. The zero-order valence-electron chi connectivity index (χ0n) is 10.2. The number of aromatic carboxylic acids is 1. The third-order valence-corrected chi connectivity index (χ3v) is 3.19. The molecule has 6 nitrogen and oxygen atoms in total. The summed E-state index contributed by atoms with van der Waals surface area (Å²) in [5.41, 5.74) is -1.48. The molecule has 2 aromatic carbocycles. The summed E-state index contributed by atoms with van der Waals surface area (Å²) in [6, 6.07) is 7.85. The number of hydrogen-bond acceptors (Lipinski definition) is 4. The zero-order chi connectivity index (χ0) is 15.6. The second-order valence-electron chi connectivity index (χ2n) is 3.89. The molecule has 0 saturated carbocycles. The maximum Gasteiger partial charge on any atom is 0.342 e. The van der Waals surface area contributed by atoms with Crippen LogP contribution in [0.5, 0.6) is 11.5 Å². The Labute approximate surface area is 126 Å². The summed E-state index contributed by atoms with van der Waals surface area (Å²) >= 11 is 3.19. The number of carboxylic acid groups (broad SMARTS) is 1. The van der Waals surface area contributed by atoms with Crippen molar-refractivity contribution in [1.29, 1.82) is 0 Å². The van der Waals surface area contributed by atoms with E-state index in [1.165, 1.54) is 6.07 Å². The minimum absolute atomic E-state index is 0.251. The highest BCUT2D eigenvalue weighted by atomic mass is 79.9. The highest BCUT2D eigenvalue weighted by molar-refractivity contribution is 9.10. The number of rotatable bonds is 4. The van der Waals surface area contributed by atoms with E-state index < -0.39 is 33.7 Å². The monoisotopic (exact) mass is 355 g/mol. The van der Waals surface area contributed by atoms with E-state index in [0.717, 1.165) is 6.07 Å². The highest BCUT2D eigenvalue weighted by Crippen LogP contribution is 2.34. The Morgan fingerprint density at radius 2 is 1.95 bits per heavy atom. The van der Waals surface area contributed by atoms with Gasteiger partial charge in [0, 0.05) is 6.07 Å². The van der Waals surface area contributed by atoms with Crippen molar-refractivity contribution < 1.29 is 24.0 Å². The van der Waals surface area contributed by atoms with Crippen molar-refractivity contribution in [1.82, 2.24) is 0 Å². The molecule has 0 spiro atoms. The predicted molar refractivity (Wildman–Crippen MR) is 74.2 cm³/mol. The van der Waals surface area contributed by atoms with Crippen LogP contribution in [0.3, 0.4) is 0 Å². The Morgan fingerprint density at radius 1 is 1.29 bits per heavy atom. The molecular formula is C13H7BrFNO5. The first-order valence-electron chi connectivity index (χ1n) is 5.53. The number of para-hydroxylation sites is 1. The molecule has 0 heterocycles. The van der Waals surface area contributed by atoms with Gasteiger partial charge in [-0.2, -0.15) is 0 Å². The molecule has 108 valence electrons. The number of halogens is 2. The lowest BCUT2D eigenvalue weighted by Crippen LogP contribution is -2.04. The quantitative estimate of drug-likeness (QED) is 0.661. The lowest BCUT2D eigenvalue weighted by molar-refractivity contribution is -0.385. The number of ether oxygens (including phenoxy) is 1. The molecule has 0 amide bonds. The number of carboxylic acids is 1. The lowest BCUT2D eigenvalue weighted by atomic mass is 10.1. The molecule has 0 aliphatic carbocycles. The first kappa shape index (κ1) is 14.9. The highest BCUT2D eigenvalue weighted by Gasteiger charge is 2.24. The Balaban J connectivity index is 2.50. The van der Waals surface area contributed by atoms with Gasteiger partial charge in [-0.1, -0.05) is 12.1 Å². The maximum absolute atomic E-state index is 13.8. The van der Waals surface area contributed by atoms with Gasteiger partial charge in [-0.25, -0.2) is 9.18 Å². The van der Waals surface area contributed by atoms with E-state index >= 15 is 0 Å². The molecular weight excluding hydrogens is 349 g/mol. The van der Waals surface area contributed by atoms with Crippen LogP contribution in [0, 0.1) is 15.9 Å². The predicted octanol–water partition coefficient (Wildman–Crippen LogP) is 3.99. The van der Waals surface area contributed by atoms with Crippen LogP contribution in [0.15, 0.2) is 40.9 Å². The first-order chi connectivity index (χ1) is 9.90. The van der Waals surface area contributed by atoms with Crippen molar-refractivity contribution in [3.63, 3.8) is 0 Å². The van der Waals surface area contributed by atoms with Crippen molar-refractivity contribution in [3.05, 3.63) is 62.4 Å². The summed E-state index contributed by atoms with van der Waals surface area (Å²) in [5, 5.41) is 19.7. The summed E-state index contributed by atoms with van der Waals surface area (Å²) in [7, 11) is 0. The standard InChI is InChI=1S/C13H7BrFNO5/c14-8-3-1-2-4-11(8)21-12-5-7(13(17)18)10(16(19)20)6-9(12)15/h1-6H,(H,17,18). The van der Waals surface area contributed by atoms with Crippen LogP contribution in [0.25, 0.3) is 0 Å². The van der Waals surface area contributed by atoms with E-state index in [1.807, 2.05) is 0 Å². The Kier molecular flexibility index (Phi) is 4.18. The molecule has 0 fully saturated rings. The Hall–Kier alpha value is -2.48. The normalized spacial score (nSPS) is 10.2. The fraction of sp³-hybridized carbons (Fsp3) is 0. The van der Waals surface area contributed by atoms with Crippen LogP contribution in [0.1, 0.15) is 10.4 Å². The van der Waals surface area contributed by atoms with Gasteiger partial charge < -0.3 is 9.84 Å². The summed E-state index contributed by atoms with van der Waals surface area (Å²) < 4.78 is 19.6. The van der Waals surface area contributed by atoms with Gasteiger partial charge in [-0.15, -0.1) is 0 Å². The average molecular weight is 356 g/mol. The zero-order valence-corrected chi connectivity index (χ0v) is 11.8. The molecule has 0 aliphatic heterocycles. The van der Waals surface area contributed by atoms with Crippen LogP contribution in [0.2, 0.25) is 0 Å². The molecule has 0 bridgehead atoms. The third kappa shape index (κ3) is 3.16. The number of carbonyl (C=O) groups is 1. The van der Waals surface area contributed by atoms with Crippen molar-refractivity contribution in [2.24, 2.45) is 0 Å². The Bertz CT molecular complexity index is 734. The maximum atomic E-state index is 13.8. The van der Waals surface area contributed by atoms with Gasteiger partial charge in [0.2, 0.25) is 0 Å². The van der Waals surface area contributed by atoms with Crippen LogP contribution in [-0.2, 0) is 0 Å². The molecule has 0 radical (unpaired) electrons. The molecule has 21 heavy (non-hydrogen) atoms. The van der Waals surface area contributed by atoms with E-state index in [9.17, 15) is 19.3 Å². The van der Waals surface area contributed by atoms with E-state index in [-0.39, 0.29) is 5.75 Å². The second-order valence-corrected chi connectivity index (χ2v) is 4.75. The van der Waals surface area contributed by atoms with Crippen molar-refractivity contribution in [3.8, 4) is 11.5 Å². The van der Waals surface area contributed by atoms with Crippen molar-refractivity contribution in [2.45, 2.75) is 0 Å². The molecule has 8 heteroatoms. The lowest BCUT2D eigenvalue weighted by Gasteiger charge is -2.09. The van der Waals surface area contributed by atoms with E-state index in [1.54, 1.807) is 18.2 Å². The summed E-state index contributed by atoms with van der Waals surface area (Å²) in [6.07, 6.45) is 0. The van der Waals surface area contributed by atoms with Gasteiger partial charge in [-0.05, 0) is 28.1 Å². The van der Waals surface area contributed by atoms with Crippen LogP contribution < -0.4 is 4.74 Å². The molecule has 0 aromatic heterocycles. The first-order valence-corrected chi connectivity index (χ1v) is 6.33. The van der Waals surface area contributed by atoms with Crippen molar-refractivity contribution >= 4 is 27.6 Å². The smallest absolute Gasteiger partial charge is 0.342 e.